The Labute approximate surface area is 118 Å². The van der Waals surface area contributed by atoms with Crippen molar-refractivity contribution < 1.29 is 17.2 Å². The summed E-state index contributed by atoms with van der Waals surface area (Å²) in [6.45, 7) is 4.34. The largest absolute Gasteiger partial charge is 0.316 e. The fourth-order valence-electron chi connectivity index (χ4n) is 1.68. The first-order chi connectivity index (χ1) is 9.27. The van der Waals surface area contributed by atoms with E-state index in [9.17, 15) is 17.2 Å². The van der Waals surface area contributed by atoms with E-state index in [1.165, 1.54) is 0 Å². The molecule has 2 N–H and O–H groups in total. The molecule has 0 aromatic heterocycles. The number of hydrogen-bond donors (Lipinski definition) is 2. The smallest absolute Gasteiger partial charge is 0.243 e. The Bertz CT molecular complexity index is 560. The number of halogens is 2. The summed E-state index contributed by atoms with van der Waals surface area (Å²) in [5.41, 5.74) is 0.371. The van der Waals surface area contributed by atoms with E-state index in [0.29, 0.717) is 17.9 Å². The lowest BCUT2D eigenvalue weighted by molar-refractivity contribution is 0.479. The zero-order valence-electron chi connectivity index (χ0n) is 11.8. The van der Waals surface area contributed by atoms with Crippen LogP contribution in [0.4, 0.5) is 8.78 Å². The van der Waals surface area contributed by atoms with E-state index in [-0.39, 0.29) is 13.1 Å². The summed E-state index contributed by atoms with van der Waals surface area (Å²) in [4.78, 5) is -0.647. The Hall–Kier alpha value is -1.05. The third-order valence-electron chi connectivity index (χ3n) is 2.74. The maximum absolute atomic E-state index is 13.7. The van der Waals surface area contributed by atoms with Gasteiger partial charge in [0, 0.05) is 13.1 Å². The minimum atomic E-state index is -4.04. The van der Waals surface area contributed by atoms with Gasteiger partial charge < -0.3 is 5.32 Å². The molecule has 0 aliphatic carbocycles. The third-order valence-corrected chi connectivity index (χ3v) is 4.20. The molecule has 0 radical (unpaired) electrons. The van der Waals surface area contributed by atoms with Crippen molar-refractivity contribution >= 4 is 10.0 Å². The maximum Gasteiger partial charge on any atom is 0.243 e. The van der Waals surface area contributed by atoms with E-state index >= 15 is 0 Å². The van der Waals surface area contributed by atoms with Gasteiger partial charge in [0.05, 0.1) is 0 Å². The number of sulfonamides is 1. The van der Waals surface area contributed by atoms with Crippen LogP contribution in [0.25, 0.3) is 0 Å². The zero-order valence-corrected chi connectivity index (χ0v) is 12.7. The standard InChI is InChI=1S/C13H20F2N2O2S/c1-9(2)4-5-17-20(18,19)12-7-10(8-16-3)6-11(14)13(12)15/h6-7,9,16-17H,4-5,8H2,1-3H3. The van der Waals surface area contributed by atoms with Crippen molar-refractivity contribution in [2.24, 2.45) is 5.92 Å². The van der Waals surface area contributed by atoms with Crippen LogP contribution in [-0.4, -0.2) is 22.0 Å². The first-order valence-electron chi connectivity index (χ1n) is 6.40. The maximum atomic E-state index is 13.7. The highest BCUT2D eigenvalue weighted by Crippen LogP contribution is 2.20. The van der Waals surface area contributed by atoms with Crippen LogP contribution in [0.3, 0.4) is 0 Å². The second-order valence-electron chi connectivity index (χ2n) is 5.00. The zero-order chi connectivity index (χ0) is 15.3. The quantitative estimate of drug-likeness (QED) is 0.810. The van der Waals surface area contributed by atoms with Gasteiger partial charge in [0.25, 0.3) is 0 Å². The molecule has 1 aromatic rings. The van der Waals surface area contributed by atoms with E-state index in [0.717, 1.165) is 12.1 Å². The van der Waals surface area contributed by atoms with Crippen molar-refractivity contribution in [1.29, 1.82) is 0 Å². The van der Waals surface area contributed by atoms with Gasteiger partial charge in [-0.15, -0.1) is 0 Å². The number of rotatable bonds is 7. The highest BCUT2D eigenvalue weighted by molar-refractivity contribution is 7.89. The normalized spacial score (nSPS) is 12.1. The van der Waals surface area contributed by atoms with Gasteiger partial charge in [-0.2, -0.15) is 0 Å². The Morgan fingerprint density at radius 2 is 1.90 bits per heavy atom. The summed E-state index contributed by atoms with van der Waals surface area (Å²) < 4.78 is 53.4. The van der Waals surface area contributed by atoms with Gasteiger partial charge in [0.15, 0.2) is 11.6 Å². The van der Waals surface area contributed by atoms with Crippen LogP contribution < -0.4 is 10.0 Å². The highest BCUT2D eigenvalue weighted by Gasteiger charge is 2.22. The van der Waals surface area contributed by atoms with Crippen molar-refractivity contribution in [3.05, 3.63) is 29.3 Å². The van der Waals surface area contributed by atoms with Crippen LogP contribution in [0.15, 0.2) is 17.0 Å². The molecule has 0 amide bonds. The molecule has 0 saturated carbocycles. The average molecular weight is 306 g/mol. The summed E-state index contributed by atoms with van der Waals surface area (Å²) in [7, 11) is -2.41. The van der Waals surface area contributed by atoms with E-state index < -0.39 is 26.6 Å². The Morgan fingerprint density at radius 3 is 2.45 bits per heavy atom. The molecular weight excluding hydrogens is 286 g/mol. The van der Waals surface area contributed by atoms with E-state index in [1.807, 2.05) is 13.8 Å². The molecule has 0 saturated heterocycles. The highest BCUT2D eigenvalue weighted by atomic mass is 32.2. The van der Waals surface area contributed by atoms with E-state index in [1.54, 1.807) is 7.05 Å². The van der Waals surface area contributed by atoms with Crippen molar-refractivity contribution in [3.63, 3.8) is 0 Å². The minimum Gasteiger partial charge on any atom is -0.316 e. The molecule has 0 aliphatic heterocycles. The molecule has 0 spiro atoms. The number of benzene rings is 1. The predicted molar refractivity (Wildman–Crippen MR) is 73.8 cm³/mol. The van der Waals surface area contributed by atoms with Gasteiger partial charge in [0.2, 0.25) is 10.0 Å². The Balaban J connectivity index is 3.04. The van der Waals surface area contributed by atoms with Crippen LogP contribution in [0.1, 0.15) is 25.8 Å². The summed E-state index contributed by atoms with van der Waals surface area (Å²) in [5, 5.41) is 2.76. The monoisotopic (exact) mass is 306 g/mol. The van der Waals surface area contributed by atoms with Crippen LogP contribution >= 0.6 is 0 Å². The third kappa shape index (κ3) is 4.50. The molecule has 0 fully saturated rings. The van der Waals surface area contributed by atoms with E-state index in [4.69, 9.17) is 0 Å². The molecule has 1 rings (SSSR count). The minimum absolute atomic E-state index is 0.192. The predicted octanol–water partition coefficient (Wildman–Crippen LogP) is 2.01. The van der Waals surface area contributed by atoms with Crippen LogP contribution in [0, 0.1) is 17.6 Å². The van der Waals surface area contributed by atoms with Crippen molar-refractivity contribution in [3.8, 4) is 0 Å². The second-order valence-corrected chi connectivity index (χ2v) is 6.74. The number of nitrogens with one attached hydrogen (secondary N) is 2. The molecule has 0 atom stereocenters. The molecule has 0 aliphatic rings. The molecule has 1 aromatic carbocycles. The molecule has 0 unspecified atom stereocenters. The van der Waals surface area contributed by atoms with Gasteiger partial charge in [-0.25, -0.2) is 21.9 Å². The molecule has 20 heavy (non-hydrogen) atoms. The topological polar surface area (TPSA) is 58.2 Å². The molecule has 0 bridgehead atoms. The first-order valence-corrected chi connectivity index (χ1v) is 7.88. The summed E-state index contributed by atoms with van der Waals surface area (Å²) in [6, 6.07) is 2.13. The summed E-state index contributed by atoms with van der Waals surface area (Å²) in [5.74, 6) is -2.20. The Morgan fingerprint density at radius 1 is 1.25 bits per heavy atom. The Kier molecular flexibility index (Phi) is 6.04. The molecule has 4 nitrogen and oxygen atoms in total. The first kappa shape index (κ1) is 17.0. The van der Waals surface area contributed by atoms with Crippen molar-refractivity contribution in [2.75, 3.05) is 13.6 Å². The van der Waals surface area contributed by atoms with Gasteiger partial charge in [-0.05, 0) is 37.1 Å². The number of hydrogen-bond acceptors (Lipinski definition) is 3. The lowest BCUT2D eigenvalue weighted by atomic mass is 10.1. The SMILES string of the molecule is CNCc1cc(F)c(F)c(S(=O)(=O)NCCC(C)C)c1. The van der Waals surface area contributed by atoms with Crippen LogP contribution in [0.2, 0.25) is 0 Å². The second kappa shape index (κ2) is 7.10. The average Bonchev–Trinajstić information content (AvgIpc) is 2.33. The van der Waals surface area contributed by atoms with Gasteiger partial charge in [-0.1, -0.05) is 13.8 Å². The molecule has 7 heteroatoms. The van der Waals surface area contributed by atoms with Crippen LogP contribution in [-0.2, 0) is 16.6 Å². The van der Waals surface area contributed by atoms with Gasteiger partial charge in [-0.3, -0.25) is 0 Å². The molecular formula is C13H20F2N2O2S. The molecule has 0 heterocycles. The molecule has 114 valence electrons. The summed E-state index contributed by atoms with van der Waals surface area (Å²) in [6.07, 6.45) is 0.625. The fourth-order valence-corrected chi connectivity index (χ4v) is 2.86. The van der Waals surface area contributed by atoms with E-state index in [2.05, 4.69) is 10.0 Å². The van der Waals surface area contributed by atoms with Crippen LogP contribution in [0.5, 0.6) is 0 Å². The lowest BCUT2D eigenvalue weighted by Crippen LogP contribution is -2.27. The van der Waals surface area contributed by atoms with Gasteiger partial charge in [0.1, 0.15) is 4.90 Å². The lowest BCUT2D eigenvalue weighted by Gasteiger charge is -2.11. The van der Waals surface area contributed by atoms with Crippen molar-refractivity contribution in [1.82, 2.24) is 10.0 Å². The fraction of sp³-hybridized carbons (Fsp3) is 0.538. The van der Waals surface area contributed by atoms with Gasteiger partial charge >= 0.3 is 0 Å². The summed E-state index contributed by atoms with van der Waals surface area (Å²) >= 11 is 0. The van der Waals surface area contributed by atoms with Crippen molar-refractivity contribution in [2.45, 2.75) is 31.7 Å².